The first-order valence-corrected chi connectivity index (χ1v) is 7.75. The fraction of sp³-hybridized carbons (Fsp3) is 0.467. The van der Waals surface area contributed by atoms with Gasteiger partial charge in [0.05, 0.1) is 6.10 Å². The number of hydrazone groups is 2. The zero-order valence-electron chi connectivity index (χ0n) is 13.0. The van der Waals surface area contributed by atoms with Gasteiger partial charge in [0.1, 0.15) is 11.7 Å². The van der Waals surface area contributed by atoms with Crippen LogP contribution >= 0.6 is 0 Å². The molecule has 0 bridgehead atoms. The highest BCUT2D eigenvalue weighted by atomic mass is 16.3. The first-order chi connectivity index (χ1) is 11.3. The molecule has 3 heterocycles. The maximum atomic E-state index is 9.61. The summed E-state index contributed by atoms with van der Waals surface area (Å²) in [5, 5.41) is 21.4. The van der Waals surface area contributed by atoms with Gasteiger partial charge in [-0.15, -0.1) is 0 Å². The highest BCUT2D eigenvalue weighted by molar-refractivity contribution is 6.02. The molecule has 0 aromatic carbocycles. The molecule has 122 valence electrons. The van der Waals surface area contributed by atoms with Gasteiger partial charge in [0.25, 0.3) is 0 Å². The molecule has 3 rings (SSSR count). The van der Waals surface area contributed by atoms with Crippen molar-refractivity contribution in [3.05, 3.63) is 29.6 Å². The van der Waals surface area contributed by atoms with Gasteiger partial charge >= 0.3 is 0 Å². The molecular formula is C15H21N7O. The topological polar surface area (TPSA) is 106 Å². The second-order valence-electron chi connectivity index (χ2n) is 5.53. The SMILES string of the molecule is CNCc1cccnc1C1=NNC(C2CCCC(O)C=N2)=NN1. The molecule has 4 N–H and O–H groups in total. The van der Waals surface area contributed by atoms with Gasteiger partial charge in [-0.3, -0.25) is 20.8 Å². The van der Waals surface area contributed by atoms with Crippen LogP contribution in [0.15, 0.2) is 33.5 Å². The lowest BCUT2D eigenvalue weighted by Crippen LogP contribution is -2.40. The number of rotatable bonds is 4. The Morgan fingerprint density at radius 3 is 3.00 bits per heavy atom. The molecule has 0 radical (unpaired) electrons. The predicted molar refractivity (Wildman–Crippen MR) is 89.4 cm³/mol. The summed E-state index contributed by atoms with van der Waals surface area (Å²) in [5.74, 6) is 1.24. The maximum Gasteiger partial charge on any atom is 0.192 e. The average molecular weight is 315 g/mol. The van der Waals surface area contributed by atoms with E-state index in [0.29, 0.717) is 18.2 Å². The summed E-state index contributed by atoms with van der Waals surface area (Å²) in [6.45, 7) is 0.700. The number of aliphatic hydroxyl groups excluding tert-OH is 1. The molecule has 0 aliphatic carbocycles. The molecule has 8 nitrogen and oxygen atoms in total. The van der Waals surface area contributed by atoms with E-state index in [-0.39, 0.29) is 6.04 Å². The van der Waals surface area contributed by atoms with Gasteiger partial charge in [-0.2, -0.15) is 10.2 Å². The summed E-state index contributed by atoms with van der Waals surface area (Å²) in [4.78, 5) is 8.75. The summed E-state index contributed by atoms with van der Waals surface area (Å²) in [6.07, 6.45) is 5.32. The lowest BCUT2D eigenvalue weighted by atomic mass is 10.1. The van der Waals surface area contributed by atoms with E-state index in [1.165, 1.54) is 0 Å². The number of hydrogen-bond acceptors (Lipinski definition) is 8. The number of hydrogen-bond donors (Lipinski definition) is 4. The lowest BCUT2D eigenvalue weighted by molar-refractivity contribution is 0.234. The number of aliphatic hydroxyl groups is 1. The minimum absolute atomic E-state index is 0.106. The Balaban J connectivity index is 1.72. The number of aromatic nitrogens is 1. The van der Waals surface area contributed by atoms with Crippen LogP contribution in [0.3, 0.4) is 0 Å². The van der Waals surface area contributed by atoms with E-state index in [9.17, 15) is 5.11 Å². The van der Waals surface area contributed by atoms with Crippen molar-refractivity contribution >= 4 is 17.9 Å². The normalized spacial score (nSPS) is 24.1. The first-order valence-electron chi connectivity index (χ1n) is 7.75. The molecule has 1 aromatic heterocycles. The molecule has 8 heteroatoms. The van der Waals surface area contributed by atoms with E-state index in [1.54, 1.807) is 12.4 Å². The van der Waals surface area contributed by atoms with Crippen molar-refractivity contribution in [3.63, 3.8) is 0 Å². The molecule has 2 atom stereocenters. The van der Waals surface area contributed by atoms with Crippen molar-refractivity contribution < 1.29 is 5.11 Å². The van der Waals surface area contributed by atoms with E-state index in [1.807, 2.05) is 19.2 Å². The highest BCUT2D eigenvalue weighted by Crippen LogP contribution is 2.13. The summed E-state index contributed by atoms with van der Waals surface area (Å²) < 4.78 is 0. The Morgan fingerprint density at radius 1 is 1.30 bits per heavy atom. The van der Waals surface area contributed by atoms with Crippen molar-refractivity contribution in [2.75, 3.05) is 7.05 Å². The molecule has 0 saturated carbocycles. The largest absolute Gasteiger partial charge is 0.387 e. The van der Waals surface area contributed by atoms with Crippen molar-refractivity contribution in [2.24, 2.45) is 15.2 Å². The third-order valence-electron chi connectivity index (χ3n) is 3.78. The number of nitrogens with one attached hydrogen (secondary N) is 3. The molecule has 23 heavy (non-hydrogen) atoms. The van der Waals surface area contributed by atoms with Gasteiger partial charge in [-0.05, 0) is 37.9 Å². The van der Waals surface area contributed by atoms with Gasteiger partial charge in [0, 0.05) is 19.0 Å². The zero-order chi connectivity index (χ0) is 16.1. The molecule has 0 fully saturated rings. The van der Waals surface area contributed by atoms with Crippen LogP contribution in [-0.2, 0) is 6.54 Å². The van der Waals surface area contributed by atoms with Crippen LogP contribution in [0.5, 0.6) is 0 Å². The molecular weight excluding hydrogens is 294 g/mol. The van der Waals surface area contributed by atoms with Crippen molar-refractivity contribution in [2.45, 2.75) is 38.0 Å². The summed E-state index contributed by atoms with van der Waals surface area (Å²) >= 11 is 0. The molecule has 1 aromatic rings. The Kier molecular flexibility index (Phi) is 4.94. The maximum absolute atomic E-state index is 9.61. The quantitative estimate of drug-likeness (QED) is 0.623. The number of amidine groups is 2. The van der Waals surface area contributed by atoms with Gasteiger partial charge in [-0.25, -0.2) is 0 Å². The second kappa shape index (κ2) is 7.30. The third kappa shape index (κ3) is 3.72. The van der Waals surface area contributed by atoms with E-state index in [2.05, 4.69) is 36.3 Å². The van der Waals surface area contributed by atoms with Gasteiger partial charge in [-0.1, -0.05) is 6.07 Å². The number of aliphatic imine (C=N–C) groups is 1. The lowest BCUT2D eigenvalue weighted by Gasteiger charge is -2.19. The first kappa shape index (κ1) is 15.6. The van der Waals surface area contributed by atoms with Gasteiger partial charge < -0.3 is 10.4 Å². The van der Waals surface area contributed by atoms with Crippen molar-refractivity contribution in [1.29, 1.82) is 0 Å². The third-order valence-corrected chi connectivity index (χ3v) is 3.78. The van der Waals surface area contributed by atoms with Crippen molar-refractivity contribution in [3.8, 4) is 0 Å². The standard InChI is InChI=1S/C15H21N7O/c1-16-8-10-4-3-7-17-13(10)15-21-19-14(20-22-15)12-6-2-5-11(23)9-18-12/h3-4,7,9,11-12,16,23H,2,5-6,8H2,1H3,(H,19,20)(H,21,22). The summed E-state index contributed by atoms with van der Waals surface area (Å²) in [7, 11) is 1.89. The Bertz CT molecular complexity index is 640. The van der Waals surface area contributed by atoms with E-state index < -0.39 is 6.10 Å². The Morgan fingerprint density at radius 2 is 2.22 bits per heavy atom. The Hall–Kier alpha value is -2.32. The molecule has 0 amide bonds. The van der Waals surface area contributed by atoms with Gasteiger partial charge in [0.2, 0.25) is 0 Å². The average Bonchev–Trinajstić information content (AvgIpc) is 2.81. The number of nitrogens with zero attached hydrogens (tertiary/aromatic N) is 4. The number of pyridine rings is 1. The second-order valence-corrected chi connectivity index (χ2v) is 5.53. The van der Waals surface area contributed by atoms with Crippen LogP contribution in [0.2, 0.25) is 0 Å². The van der Waals surface area contributed by atoms with Crippen LogP contribution in [0, 0.1) is 0 Å². The molecule has 0 spiro atoms. The summed E-state index contributed by atoms with van der Waals surface area (Å²) in [6, 6.07) is 3.79. The van der Waals surface area contributed by atoms with Crippen molar-refractivity contribution in [1.82, 2.24) is 21.2 Å². The highest BCUT2D eigenvalue weighted by Gasteiger charge is 2.22. The summed E-state index contributed by atoms with van der Waals surface area (Å²) in [5.41, 5.74) is 7.73. The van der Waals surface area contributed by atoms with Crippen LogP contribution in [0.4, 0.5) is 0 Å². The molecule has 2 aliphatic heterocycles. The molecule has 0 saturated heterocycles. The van der Waals surface area contributed by atoms with E-state index >= 15 is 0 Å². The fourth-order valence-electron chi connectivity index (χ4n) is 2.60. The smallest absolute Gasteiger partial charge is 0.192 e. The fourth-order valence-corrected chi connectivity index (χ4v) is 2.60. The zero-order valence-corrected chi connectivity index (χ0v) is 13.0. The predicted octanol–water partition coefficient (Wildman–Crippen LogP) is -0.0469. The molecule has 2 unspecified atom stereocenters. The van der Waals surface area contributed by atoms with Crippen LogP contribution in [0.1, 0.15) is 30.5 Å². The van der Waals surface area contributed by atoms with Gasteiger partial charge in [0.15, 0.2) is 11.7 Å². The van der Waals surface area contributed by atoms with E-state index in [4.69, 9.17) is 0 Å². The minimum atomic E-state index is -0.464. The van der Waals surface area contributed by atoms with E-state index in [0.717, 1.165) is 30.5 Å². The molecule has 2 aliphatic rings. The van der Waals surface area contributed by atoms with Crippen LogP contribution < -0.4 is 16.2 Å². The Labute approximate surface area is 134 Å². The van der Waals surface area contributed by atoms with Crippen LogP contribution in [-0.4, -0.2) is 47.2 Å². The monoisotopic (exact) mass is 315 g/mol. The van der Waals surface area contributed by atoms with Crippen LogP contribution in [0.25, 0.3) is 0 Å². The minimum Gasteiger partial charge on any atom is -0.387 e.